The molecule has 1 unspecified atom stereocenters. The van der Waals surface area contributed by atoms with E-state index in [2.05, 4.69) is 20.2 Å². The van der Waals surface area contributed by atoms with Gasteiger partial charge in [0, 0.05) is 37.0 Å². The number of esters is 1. The number of fused-ring (bicyclic) bond motifs is 3. The summed E-state index contributed by atoms with van der Waals surface area (Å²) < 4.78 is 12.5. The lowest BCUT2D eigenvalue weighted by molar-refractivity contribution is -0.142. The van der Waals surface area contributed by atoms with Gasteiger partial charge in [0.1, 0.15) is 24.1 Å². The van der Waals surface area contributed by atoms with Crippen molar-refractivity contribution in [3.8, 4) is 0 Å². The van der Waals surface area contributed by atoms with Gasteiger partial charge in [-0.1, -0.05) is 60.7 Å². The van der Waals surface area contributed by atoms with Gasteiger partial charge in [-0.15, -0.1) is 0 Å². The highest BCUT2D eigenvalue weighted by molar-refractivity contribution is 6.07. The summed E-state index contributed by atoms with van der Waals surface area (Å²) in [6, 6.07) is 27.5. The number of rotatable bonds is 11. The van der Waals surface area contributed by atoms with Crippen molar-refractivity contribution in [2.45, 2.75) is 39.0 Å². The molecule has 2 amide bonds. The van der Waals surface area contributed by atoms with Crippen molar-refractivity contribution in [3.63, 3.8) is 0 Å². The van der Waals surface area contributed by atoms with E-state index in [0.717, 1.165) is 35.6 Å². The van der Waals surface area contributed by atoms with E-state index in [1.807, 2.05) is 48.5 Å². The number of carbonyl (C=O) groups is 3. The number of imidazole rings is 1. The molecule has 0 aliphatic carbocycles. The van der Waals surface area contributed by atoms with E-state index < -0.39 is 6.09 Å². The monoisotopic (exact) mass is 659 g/mol. The van der Waals surface area contributed by atoms with Crippen molar-refractivity contribution in [2.75, 3.05) is 24.6 Å². The summed E-state index contributed by atoms with van der Waals surface area (Å²) in [5.74, 6) is 0.612. The SMILES string of the molecule is CCOC(=O)CCN(C(=O)c1ccc2c(c1)nc1n2CCNC1Cc1ccc(C(=N)NC(=O)OCc2ccccc2)cc1)c1ccccn1. The number of amides is 2. The van der Waals surface area contributed by atoms with Crippen LogP contribution in [0.5, 0.6) is 0 Å². The average Bonchev–Trinajstić information content (AvgIpc) is 3.51. The van der Waals surface area contributed by atoms with Crippen LogP contribution in [0.25, 0.3) is 11.0 Å². The Labute approximate surface area is 283 Å². The van der Waals surface area contributed by atoms with Crippen molar-refractivity contribution < 1.29 is 23.9 Å². The number of hydrogen-bond donors (Lipinski definition) is 3. The number of nitrogens with zero attached hydrogens (tertiary/aromatic N) is 4. The van der Waals surface area contributed by atoms with Crippen molar-refractivity contribution in [2.24, 2.45) is 0 Å². The molecule has 2 aromatic heterocycles. The number of nitrogens with one attached hydrogen (secondary N) is 3. The predicted molar refractivity (Wildman–Crippen MR) is 184 cm³/mol. The largest absolute Gasteiger partial charge is 0.466 e. The van der Waals surface area contributed by atoms with Crippen molar-refractivity contribution >= 4 is 40.7 Å². The van der Waals surface area contributed by atoms with Gasteiger partial charge in [0.25, 0.3) is 5.91 Å². The summed E-state index contributed by atoms with van der Waals surface area (Å²) in [6.07, 6.45) is 1.62. The number of pyridine rings is 1. The Morgan fingerprint density at radius 1 is 0.959 bits per heavy atom. The third-order valence-corrected chi connectivity index (χ3v) is 8.20. The van der Waals surface area contributed by atoms with Gasteiger partial charge in [0.2, 0.25) is 0 Å². The molecule has 1 aliphatic heterocycles. The van der Waals surface area contributed by atoms with E-state index in [1.54, 1.807) is 55.6 Å². The molecule has 12 heteroatoms. The maximum Gasteiger partial charge on any atom is 0.413 e. The number of ether oxygens (including phenoxy) is 2. The minimum atomic E-state index is -0.686. The smallest absolute Gasteiger partial charge is 0.413 e. The highest BCUT2D eigenvalue weighted by atomic mass is 16.5. The highest BCUT2D eigenvalue weighted by Gasteiger charge is 2.26. The molecule has 250 valence electrons. The summed E-state index contributed by atoms with van der Waals surface area (Å²) >= 11 is 0. The number of anilines is 1. The number of carbonyl (C=O) groups excluding carboxylic acids is 3. The molecule has 0 fully saturated rings. The summed E-state index contributed by atoms with van der Waals surface area (Å²) in [4.78, 5) is 48.9. The van der Waals surface area contributed by atoms with Crippen molar-refractivity contribution in [3.05, 3.63) is 125 Å². The van der Waals surface area contributed by atoms with E-state index in [4.69, 9.17) is 19.9 Å². The molecule has 5 aromatic rings. The fraction of sp³-hybridized carbons (Fsp3) is 0.243. The van der Waals surface area contributed by atoms with Gasteiger partial charge in [-0.2, -0.15) is 0 Å². The maximum absolute atomic E-state index is 13.8. The first-order valence-electron chi connectivity index (χ1n) is 16.2. The lowest BCUT2D eigenvalue weighted by atomic mass is 10.0. The molecule has 49 heavy (non-hydrogen) atoms. The molecule has 0 saturated heterocycles. The number of hydrogen-bond acceptors (Lipinski definition) is 9. The molecule has 1 atom stereocenters. The molecule has 0 saturated carbocycles. The van der Waals surface area contributed by atoms with Gasteiger partial charge >= 0.3 is 12.1 Å². The molecule has 1 aliphatic rings. The normalized spacial score (nSPS) is 13.7. The van der Waals surface area contributed by atoms with Crippen LogP contribution >= 0.6 is 0 Å². The van der Waals surface area contributed by atoms with E-state index in [0.29, 0.717) is 28.9 Å². The Morgan fingerprint density at radius 2 is 1.73 bits per heavy atom. The van der Waals surface area contributed by atoms with E-state index in [9.17, 15) is 14.4 Å². The highest BCUT2D eigenvalue weighted by Crippen LogP contribution is 2.28. The Bertz CT molecular complexity index is 1950. The Kier molecular flexibility index (Phi) is 10.3. The quantitative estimate of drug-likeness (QED) is 0.0998. The minimum Gasteiger partial charge on any atom is -0.466 e. The van der Waals surface area contributed by atoms with Gasteiger partial charge in [-0.05, 0) is 54.8 Å². The first-order valence-corrected chi connectivity index (χ1v) is 16.2. The van der Waals surface area contributed by atoms with Crippen LogP contribution in [0.4, 0.5) is 10.6 Å². The summed E-state index contributed by atoms with van der Waals surface area (Å²) in [5, 5.41) is 14.4. The standard InChI is InChI=1S/C37H37N7O5/c1-2-48-33(45)17-20-44(32-10-6-7-18-40-32)36(46)28-15-16-31-29(23-28)41-35-30(39-19-21-43(31)35)22-25-11-13-27(14-12-25)34(38)42-37(47)49-24-26-8-4-3-5-9-26/h3-16,18,23,30,39H,2,17,19-22,24H2,1H3,(H2,38,42,47). The first-order chi connectivity index (χ1) is 23.9. The van der Waals surface area contributed by atoms with Crippen LogP contribution in [0.15, 0.2) is 97.2 Å². The minimum absolute atomic E-state index is 0.0461. The molecule has 0 radical (unpaired) electrons. The van der Waals surface area contributed by atoms with Crippen LogP contribution < -0.4 is 15.5 Å². The van der Waals surface area contributed by atoms with Crippen LogP contribution in [0.2, 0.25) is 0 Å². The van der Waals surface area contributed by atoms with E-state index in [1.165, 1.54) is 4.90 Å². The van der Waals surface area contributed by atoms with Gasteiger partial charge in [-0.25, -0.2) is 14.8 Å². The Balaban J connectivity index is 1.13. The fourth-order valence-corrected chi connectivity index (χ4v) is 5.79. The molecule has 3 aromatic carbocycles. The Hall–Kier alpha value is -5.88. The van der Waals surface area contributed by atoms with Crippen LogP contribution in [-0.2, 0) is 33.8 Å². The fourth-order valence-electron chi connectivity index (χ4n) is 5.79. The van der Waals surface area contributed by atoms with Gasteiger partial charge in [-0.3, -0.25) is 25.2 Å². The maximum atomic E-state index is 13.8. The van der Waals surface area contributed by atoms with Gasteiger partial charge < -0.3 is 19.4 Å². The molecule has 3 heterocycles. The molecule has 0 bridgehead atoms. The first kappa shape index (κ1) is 33.0. The van der Waals surface area contributed by atoms with Crippen molar-refractivity contribution in [1.29, 1.82) is 5.41 Å². The third-order valence-electron chi connectivity index (χ3n) is 8.20. The van der Waals surface area contributed by atoms with Crippen LogP contribution in [0, 0.1) is 5.41 Å². The van der Waals surface area contributed by atoms with Gasteiger partial charge in [0.15, 0.2) is 0 Å². The second kappa shape index (κ2) is 15.3. The second-order valence-corrected chi connectivity index (χ2v) is 11.5. The van der Waals surface area contributed by atoms with Crippen LogP contribution in [0.3, 0.4) is 0 Å². The number of benzene rings is 3. The third kappa shape index (κ3) is 7.99. The van der Waals surface area contributed by atoms with Crippen molar-refractivity contribution in [1.82, 2.24) is 25.2 Å². The predicted octanol–water partition coefficient (Wildman–Crippen LogP) is 5.17. The topological polar surface area (TPSA) is 152 Å². The molecule has 12 nitrogen and oxygen atoms in total. The zero-order valence-electron chi connectivity index (χ0n) is 27.1. The molecule has 6 rings (SSSR count). The number of aromatic nitrogens is 3. The zero-order valence-corrected chi connectivity index (χ0v) is 27.1. The van der Waals surface area contributed by atoms with E-state index in [-0.39, 0.29) is 49.9 Å². The number of alkyl carbamates (subject to hydrolysis) is 1. The Morgan fingerprint density at radius 3 is 2.49 bits per heavy atom. The number of amidine groups is 1. The molecular weight excluding hydrogens is 622 g/mol. The van der Waals surface area contributed by atoms with Crippen LogP contribution in [-0.4, -0.2) is 58.0 Å². The summed E-state index contributed by atoms with van der Waals surface area (Å²) in [6.45, 7) is 3.76. The second-order valence-electron chi connectivity index (χ2n) is 11.5. The van der Waals surface area contributed by atoms with Crippen LogP contribution in [0.1, 0.15) is 52.3 Å². The zero-order chi connectivity index (χ0) is 34.2. The van der Waals surface area contributed by atoms with E-state index >= 15 is 0 Å². The van der Waals surface area contributed by atoms with Gasteiger partial charge in [0.05, 0.1) is 30.1 Å². The lowest BCUT2D eigenvalue weighted by Crippen LogP contribution is -2.35. The summed E-state index contributed by atoms with van der Waals surface area (Å²) in [5.41, 5.74) is 4.53. The average molecular weight is 660 g/mol. The summed E-state index contributed by atoms with van der Waals surface area (Å²) in [7, 11) is 0. The molecular formula is C37H37N7O5. The lowest BCUT2D eigenvalue weighted by Gasteiger charge is -2.25. The molecule has 0 spiro atoms. The molecule has 3 N–H and O–H groups in total.